The Balaban J connectivity index is 1.45. The van der Waals surface area contributed by atoms with Crippen molar-refractivity contribution in [3.8, 4) is 17.5 Å². The van der Waals surface area contributed by atoms with Crippen LogP contribution in [0.2, 0.25) is 0 Å². The number of amides is 1. The number of benzene rings is 1. The number of hydrogen-bond donors (Lipinski definition) is 1. The number of thioether (sulfide) groups is 1. The Bertz CT molecular complexity index is 1110. The van der Waals surface area contributed by atoms with Crippen LogP contribution in [-0.2, 0) is 17.6 Å². The molecule has 4 rings (SSSR count). The van der Waals surface area contributed by atoms with E-state index < -0.39 is 0 Å². The highest BCUT2D eigenvalue weighted by Crippen LogP contribution is 2.39. The number of imidazole rings is 1. The molecule has 0 radical (unpaired) electrons. The molecular weight excluding hydrogens is 416 g/mol. The molecular formula is C22H22N4O2S2. The van der Waals surface area contributed by atoms with Crippen LogP contribution in [0.25, 0.3) is 5.69 Å². The fourth-order valence-electron chi connectivity index (χ4n) is 3.60. The lowest BCUT2D eigenvalue weighted by atomic mass is 9.89. The van der Waals surface area contributed by atoms with E-state index in [1.165, 1.54) is 16.6 Å². The molecule has 1 aliphatic carbocycles. The minimum atomic E-state index is -0.136. The Morgan fingerprint density at radius 3 is 3.17 bits per heavy atom. The number of rotatable bonds is 6. The van der Waals surface area contributed by atoms with Gasteiger partial charge in [0.25, 0.3) is 0 Å². The topological polar surface area (TPSA) is 79.9 Å². The van der Waals surface area contributed by atoms with Gasteiger partial charge in [-0.1, -0.05) is 24.8 Å². The van der Waals surface area contributed by atoms with Gasteiger partial charge in [0.05, 0.1) is 24.1 Å². The smallest absolute Gasteiger partial charge is 0.235 e. The fourth-order valence-corrected chi connectivity index (χ4v) is 5.75. The first-order chi connectivity index (χ1) is 14.6. The first-order valence-electron chi connectivity index (χ1n) is 9.74. The van der Waals surface area contributed by atoms with Crippen LogP contribution in [0.15, 0.2) is 41.8 Å². The zero-order valence-corrected chi connectivity index (χ0v) is 18.5. The molecule has 2 heterocycles. The predicted molar refractivity (Wildman–Crippen MR) is 120 cm³/mol. The predicted octanol–water partition coefficient (Wildman–Crippen LogP) is 4.67. The number of aromatic nitrogens is 2. The van der Waals surface area contributed by atoms with E-state index in [-0.39, 0.29) is 11.7 Å². The first-order valence-corrected chi connectivity index (χ1v) is 11.5. The van der Waals surface area contributed by atoms with Crippen molar-refractivity contribution in [3.05, 3.63) is 52.7 Å². The number of fused-ring (bicyclic) bond motifs is 1. The van der Waals surface area contributed by atoms with Crippen LogP contribution < -0.4 is 10.1 Å². The summed E-state index contributed by atoms with van der Waals surface area (Å²) < 4.78 is 7.21. The summed E-state index contributed by atoms with van der Waals surface area (Å²) in [6, 6.07) is 9.98. The number of hydrogen-bond acceptors (Lipinski definition) is 6. The molecule has 154 valence electrons. The molecule has 0 fully saturated rings. The Morgan fingerprint density at radius 2 is 2.37 bits per heavy atom. The van der Waals surface area contributed by atoms with Crippen LogP contribution in [0, 0.1) is 17.2 Å². The summed E-state index contributed by atoms with van der Waals surface area (Å²) in [6.45, 7) is 2.23. The minimum Gasteiger partial charge on any atom is -0.497 e. The maximum atomic E-state index is 12.6. The Labute approximate surface area is 183 Å². The lowest BCUT2D eigenvalue weighted by Crippen LogP contribution is -2.14. The lowest BCUT2D eigenvalue weighted by molar-refractivity contribution is -0.113. The molecule has 0 aliphatic heterocycles. The summed E-state index contributed by atoms with van der Waals surface area (Å²) in [5.74, 6) is 1.46. The molecule has 2 aromatic heterocycles. The van der Waals surface area contributed by atoms with E-state index in [0.29, 0.717) is 16.5 Å². The number of carbonyl (C=O) groups excluding carboxylic acids is 1. The third-order valence-corrected chi connectivity index (χ3v) is 7.28. The number of anilines is 1. The van der Waals surface area contributed by atoms with Gasteiger partial charge in [-0.05, 0) is 42.9 Å². The molecule has 0 saturated carbocycles. The molecule has 1 N–H and O–H groups in total. The summed E-state index contributed by atoms with van der Waals surface area (Å²) in [4.78, 5) is 18.2. The highest BCUT2D eigenvalue weighted by molar-refractivity contribution is 7.99. The van der Waals surface area contributed by atoms with E-state index in [9.17, 15) is 10.1 Å². The number of nitriles is 1. The Hall–Kier alpha value is -2.76. The standard InChI is InChI=1S/C22H22N4O2S2/c1-14-6-7-17-18(12-23)21(30-19(17)10-14)25-20(27)13-29-22-24-8-9-26(22)15-4-3-5-16(11-15)28-2/h3-5,8-9,11,14H,6-7,10,13H2,1-2H3,(H,25,27). The van der Waals surface area contributed by atoms with Crippen molar-refractivity contribution < 1.29 is 9.53 Å². The average molecular weight is 439 g/mol. The summed E-state index contributed by atoms with van der Waals surface area (Å²) in [5, 5.41) is 14.0. The number of nitrogens with one attached hydrogen (secondary N) is 1. The molecule has 0 spiro atoms. The Kier molecular flexibility index (Phi) is 6.11. The molecule has 3 aromatic rings. The zero-order chi connectivity index (χ0) is 21.1. The van der Waals surface area contributed by atoms with Crippen LogP contribution in [0.1, 0.15) is 29.3 Å². The summed E-state index contributed by atoms with van der Waals surface area (Å²) in [6.07, 6.45) is 6.56. The molecule has 6 nitrogen and oxygen atoms in total. The quantitative estimate of drug-likeness (QED) is 0.566. The maximum absolute atomic E-state index is 12.6. The first kappa shape index (κ1) is 20.5. The molecule has 0 saturated heterocycles. The van der Waals surface area contributed by atoms with E-state index in [1.54, 1.807) is 24.6 Å². The van der Waals surface area contributed by atoms with Crippen molar-refractivity contribution in [2.75, 3.05) is 18.2 Å². The molecule has 1 aliphatic rings. The van der Waals surface area contributed by atoms with Gasteiger partial charge in [0, 0.05) is 23.3 Å². The van der Waals surface area contributed by atoms with E-state index in [4.69, 9.17) is 4.74 Å². The van der Waals surface area contributed by atoms with Gasteiger partial charge in [0.15, 0.2) is 5.16 Å². The average Bonchev–Trinajstić information content (AvgIpc) is 3.35. The van der Waals surface area contributed by atoms with Crippen LogP contribution in [0.5, 0.6) is 5.75 Å². The monoisotopic (exact) mass is 438 g/mol. The second kappa shape index (κ2) is 8.94. The largest absolute Gasteiger partial charge is 0.497 e. The lowest BCUT2D eigenvalue weighted by Gasteiger charge is -2.17. The van der Waals surface area contributed by atoms with Crippen molar-refractivity contribution in [2.24, 2.45) is 5.92 Å². The fraction of sp³-hybridized carbons (Fsp3) is 0.318. The van der Waals surface area contributed by atoms with Gasteiger partial charge in [-0.15, -0.1) is 11.3 Å². The van der Waals surface area contributed by atoms with Gasteiger partial charge in [-0.2, -0.15) is 5.26 Å². The van der Waals surface area contributed by atoms with E-state index >= 15 is 0 Å². The van der Waals surface area contributed by atoms with E-state index in [0.717, 1.165) is 41.4 Å². The molecule has 30 heavy (non-hydrogen) atoms. The van der Waals surface area contributed by atoms with Gasteiger partial charge >= 0.3 is 0 Å². The van der Waals surface area contributed by atoms with Gasteiger partial charge < -0.3 is 10.1 Å². The zero-order valence-electron chi connectivity index (χ0n) is 16.8. The maximum Gasteiger partial charge on any atom is 0.235 e. The molecule has 1 amide bonds. The van der Waals surface area contributed by atoms with Gasteiger partial charge in [-0.25, -0.2) is 4.98 Å². The third kappa shape index (κ3) is 4.23. The van der Waals surface area contributed by atoms with Crippen molar-refractivity contribution in [1.29, 1.82) is 5.26 Å². The number of thiophene rings is 1. The van der Waals surface area contributed by atoms with Gasteiger partial charge in [0.2, 0.25) is 5.91 Å². The number of carbonyl (C=O) groups is 1. The highest BCUT2D eigenvalue weighted by Gasteiger charge is 2.24. The van der Waals surface area contributed by atoms with Gasteiger partial charge in [0.1, 0.15) is 16.8 Å². The minimum absolute atomic E-state index is 0.136. The molecule has 1 unspecified atom stereocenters. The molecule has 0 bridgehead atoms. The van der Waals surface area contributed by atoms with Crippen LogP contribution in [0.3, 0.4) is 0 Å². The van der Waals surface area contributed by atoms with E-state index in [2.05, 4.69) is 23.3 Å². The van der Waals surface area contributed by atoms with Crippen LogP contribution in [0.4, 0.5) is 5.00 Å². The molecule has 1 atom stereocenters. The number of methoxy groups -OCH3 is 1. The van der Waals surface area contributed by atoms with Crippen molar-refractivity contribution >= 4 is 34.0 Å². The van der Waals surface area contributed by atoms with Crippen LogP contribution >= 0.6 is 23.1 Å². The van der Waals surface area contributed by atoms with E-state index in [1.807, 2.05) is 35.0 Å². The summed E-state index contributed by atoms with van der Waals surface area (Å²) in [7, 11) is 1.63. The summed E-state index contributed by atoms with van der Waals surface area (Å²) >= 11 is 2.91. The third-order valence-electron chi connectivity index (χ3n) is 5.15. The molecule has 8 heteroatoms. The van der Waals surface area contributed by atoms with Crippen molar-refractivity contribution in [2.45, 2.75) is 31.3 Å². The Morgan fingerprint density at radius 1 is 1.50 bits per heavy atom. The van der Waals surface area contributed by atoms with Crippen molar-refractivity contribution in [1.82, 2.24) is 9.55 Å². The second-order valence-electron chi connectivity index (χ2n) is 7.29. The highest BCUT2D eigenvalue weighted by atomic mass is 32.2. The second-order valence-corrected chi connectivity index (χ2v) is 9.33. The van der Waals surface area contributed by atoms with Crippen molar-refractivity contribution in [3.63, 3.8) is 0 Å². The van der Waals surface area contributed by atoms with Gasteiger partial charge in [-0.3, -0.25) is 9.36 Å². The SMILES string of the molecule is COc1cccc(-n2ccnc2SCC(=O)Nc2sc3c(c2C#N)CCC(C)C3)c1. The number of ether oxygens (including phenoxy) is 1. The molecule has 1 aromatic carbocycles. The van der Waals surface area contributed by atoms with Crippen LogP contribution in [-0.4, -0.2) is 28.3 Å². The number of nitrogens with zero attached hydrogens (tertiary/aromatic N) is 3. The normalized spacial score (nSPS) is 15.3. The summed E-state index contributed by atoms with van der Waals surface area (Å²) in [5.41, 5.74) is 2.68.